The highest BCUT2D eigenvalue weighted by atomic mass is 16.5. The van der Waals surface area contributed by atoms with Crippen molar-refractivity contribution in [3.8, 4) is 17.2 Å². The van der Waals surface area contributed by atoms with E-state index in [0.717, 1.165) is 5.56 Å². The summed E-state index contributed by atoms with van der Waals surface area (Å²) >= 11 is 0. The summed E-state index contributed by atoms with van der Waals surface area (Å²) in [5, 5.41) is 12.6. The molecule has 3 aromatic carbocycles. The van der Waals surface area contributed by atoms with Crippen molar-refractivity contribution in [2.24, 2.45) is 0 Å². The second-order valence-electron chi connectivity index (χ2n) is 5.55. The van der Waals surface area contributed by atoms with E-state index in [-0.39, 0.29) is 11.7 Å². The van der Waals surface area contributed by atoms with Gasteiger partial charge in [0.25, 0.3) is 5.91 Å². The van der Waals surface area contributed by atoms with E-state index in [9.17, 15) is 9.90 Å². The van der Waals surface area contributed by atoms with E-state index in [4.69, 9.17) is 4.74 Å². The third-order valence-electron chi connectivity index (χ3n) is 3.77. The Hall–Kier alpha value is -3.27. The number of phenols is 1. The van der Waals surface area contributed by atoms with E-state index < -0.39 is 0 Å². The lowest BCUT2D eigenvalue weighted by Gasteiger charge is -2.11. The van der Waals surface area contributed by atoms with Crippen molar-refractivity contribution in [3.63, 3.8) is 0 Å². The molecule has 4 heteroatoms. The molecule has 0 aliphatic heterocycles. The molecule has 0 saturated heterocycles. The summed E-state index contributed by atoms with van der Waals surface area (Å²) in [6.07, 6.45) is 0.556. The van der Waals surface area contributed by atoms with Crippen molar-refractivity contribution in [3.05, 3.63) is 90.0 Å². The summed E-state index contributed by atoms with van der Waals surface area (Å²) in [5.41, 5.74) is 1.28. The molecule has 1 amide bonds. The molecule has 4 nitrogen and oxygen atoms in total. The fraction of sp³-hybridized carbons (Fsp3) is 0.0952. The number of carbonyl (C=O) groups is 1. The average molecular weight is 333 g/mol. The topological polar surface area (TPSA) is 58.6 Å². The standard InChI is InChI=1S/C21H19NO3/c23-19-12-6-4-8-16(19)14-15-22-21(24)18-11-5-7-13-20(18)25-17-9-2-1-3-10-17/h1-13,23H,14-15H2,(H,22,24). The number of nitrogens with one attached hydrogen (secondary N) is 1. The van der Waals surface area contributed by atoms with E-state index >= 15 is 0 Å². The van der Waals surface area contributed by atoms with Crippen LogP contribution in [-0.4, -0.2) is 17.6 Å². The average Bonchev–Trinajstić information content (AvgIpc) is 2.64. The highest BCUT2D eigenvalue weighted by molar-refractivity contribution is 5.97. The molecule has 3 rings (SSSR count). The Kier molecular flexibility index (Phi) is 5.32. The number of benzene rings is 3. The third-order valence-corrected chi connectivity index (χ3v) is 3.77. The molecule has 0 bridgehead atoms. The lowest BCUT2D eigenvalue weighted by molar-refractivity contribution is 0.0951. The Bertz CT molecular complexity index is 847. The van der Waals surface area contributed by atoms with Gasteiger partial charge in [-0.05, 0) is 42.3 Å². The highest BCUT2D eigenvalue weighted by Gasteiger charge is 2.12. The third kappa shape index (κ3) is 4.38. The Morgan fingerprint density at radius 3 is 2.36 bits per heavy atom. The number of ether oxygens (including phenoxy) is 1. The van der Waals surface area contributed by atoms with Crippen molar-refractivity contribution in [2.45, 2.75) is 6.42 Å². The monoisotopic (exact) mass is 333 g/mol. The molecule has 3 aromatic rings. The second-order valence-corrected chi connectivity index (χ2v) is 5.55. The number of hydrogen-bond acceptors (Lipinski definition) is 3. The first kappa shape index (κ1) is 16.6. The molecule has 0 aliphatic carbocycles. The lowest BCUT2D eigenvalue weighted by Crippen LogP contribution is -2.26. The number of aromatic hydroxyl groups is 1. The molecule has 0 aromatic heterocycles. The maximum atomic E-state index is 12.5. The molecular formula is C21H19NO3. The van der Waals surface area contributed by atoms with E-state index in [1.807, 2.05) is 48.5 Å². The zero-order valence-corrected chi connectivity index (χ0v) is 13.7. The van der Waals surface area contributed by atoms with E-state index in [0.29, 0.717) is 30.0 Å². The van der Waals surface area contributed by atoms with Gasteiger partial charge in [0.2, 0.25) is 0 Å². The predicted octanol–water partition coefficient (Wildman–Crippen LogP) is 4.16. The molecule has 0 saturated carbocycles. The van der Waals surface area contributed by atoms with Crippen molar-refractivity contribution in [1.29, 1.82) is 0 Å². The first-order chi connectivity index (χ1) is 12.2. The molecular weight excluding hydrogens is 314 g/mol. The van der Waals surface area contributed by atoms with E-state index in [2.05, 4.69) is 5.32 Å². The molecule has 25 heavy (non-hydrogen) atoms. The van der Waals surface area contributed by atoms with Gasteiger partial charge in [-0.2, -0.15) is 0 Å². The fourth-order valence-corrected chi connectivity index (χ4v) is 2.49. The maximum absolute atomic E-state index is 12.5. The summed E-state index contributed by atoms with van der Waals surface area (Å²) < 4.78 is 5.81. The molecule has 0 unspecified atom stereocenters. The van der Waals surface area contributed by atoms with Gasteiger partial charge >= 0.3 is 0 Å². The second kappa shape index (κ2) is 8.02. The smallest absolute Gasteiger partial charge is 0.255 e. The minimum Gasteiger partial charge on any atom is -0.508 e. The Morgan fingerprint density at radius 1 is 0.880 bits per heavy atom. The van der Waals surface area contributed by atoms with Crippen LogP contribution in [0.2, 0.25) is 0 Å². The number of hydrogen-bond donors (Lipinski definition) is 2. The first-order valence-corrected chi connectivity index (χ1v) is 8.11. The first-order valence-electron chi connectivity index (χ1n) is 8.11. The van der Waals surface area contributed by atoms with Crippen molar-refractivity contribution in [1.82, 2.24) is 5.32 Å². The van der Waals surface area contributed by atoms with E-state index in [1.54, 1.807) is 30.3 Å². The van der Waals surface area contributed by atoms with Crippen LogP contribution in [0.3, 0.4) is 0 Å². The van der Waals surface area contributed by atoms with Gasteiger partial charge in [0.1, 0.15) is 17.2 Å². The van der Waals surface area contributed by atoms with Crippen molar-refractivity contribution < 1.29 is 14.6 Å². The van der Waals surface area contributed by atoms with Crippen LogP contribution in [0.1, 0.15) is 15.9 Å². The minimum atomic E-state index is -0.207. The number of amides is 1. The van der Waals surface area contributed by atoms with Crippen molar-refractivity contribution >= 4 is 5.91 Å². The minimum absolute atomic E-state index is 0.207. The summed E-state index contributed by atoms with van der Waals surface area (Å²) in [6.45, 7) is 0.427. The van der Waals surface area contributed by atoms with Gasteiger partial charge in [0.15, 0.2) is 0 Å². The summed E-state index contributed by atoms with van der Waals surface area (Å²) in [7, 11) is 0. The van der Waals surface area contributed by atoms with Gasteiger partial charge in [-0.25, -0.2) is 0 Å². The number of para-hydroxylation sites is 3. The molecule has 0 aliphatic rings. The highest BCUT2D eigenvalue weighted by Crippen LogP contribution is 2.25. The Labute approximate surface area is 146 Å². The van der Waals surface area contributed by atoms with E-state index in [1.165, 1.54) is 0 Å². The number of rotatable bonds is 6. The number of carbonyl (C=O) groups excluding carboxylic acids is 1. The maximum Gasteiger partial charge on any atom is 0.255 e. The van der Waals surface area contributed by atoms with Crippen LogP contribution in [0.15, 0.2) is 78.9 Å². The predicted molar refractivity (Wildman–Crippen MR) is 97.1 cm³/mol. The summed E-state index contributed by atoms with van der Waals surface area (Å²) in [5.74, 6) is 1.22. The van der Waals surface area contributed by atoms with Crippen LogP contribution in [0.25, 0.3) is 0 Å². The Morgan fingerprint density at radius 2 is 1.56 bits per heavy atom. The molecule has 0 atom stereocenters. The molecule has 0 fully saturated rings. The summed E-state index contributed by atoms with van der Waals surface area (Å²) in [4.78, 5) is 12.5. The molecule has 2 N–H and O–H groups in total. The van der Waals surface area contributed by atoms with Crippen LogP contribution < -0.4 is 10.1 Å². The van der Waals surface area contributed by atoms with Gasteiger partial charge < -0.3 is 15.2 Å². The van der Waals surface area contributed by atoms with Gasteiger partial charge in [-0.15, -0.1) is 0 Å². The van der Waals surface area contributed by atoms with Crippen LogP contribution in [0, 0.1) is 0 Å². The van der Waals surface area contributed by atoms with Crippen LogP contribution in [0.4, 0.5) is 0 Å². The van der Waals surface area contributed by atoms with Gasteiger partial charge in [0, 0.05) is 6.54 Å². The van der Waals surface area contributed by atoms with Crippen LogP contribution >= 0.6 is 0 Å². The summed E-state index contributed by atoms with van der Waals surface area (Å²) in [6, 6.07) is 23.6. The van der Waals surface area contributed by atoms with Crippen molar-refractivity contribution in [2.75, 3.05) is 6.54 Å². The lowest BCUT2D eigenvalue weighted by atomic mass is 10.1. The molecule has 126 valence electrons. The largest absolute Gasteiger partial charge is 0.508 e. The van der Waals surface area contributed by atoms with Gasteiger partial charge in [-0.1, -0.05) is 48.5 Å². The Balaban J connectivity index is 1.65. The molecule has 0 spiro atoms. The fourth-order valence-electron chi connectivity index (χ4n) is 2.49. The zero-order chi connectivity index (χ0) is 17.5. The van der Waals surface area contributed by atoms with Crippen LogP contribution in [-0.2, 0) is 6.42 Å². The van der Waals surface area contributed by atoms with Gasteiger partial charge in [-0.3, -0.25) is 4.79 Å². The quantitative estimate of drug-likeness (QED) is 0.712. The number of phenolic OH excluding ortho intramolecular Hbond substituents is 1. The SMILES string of the molecule is O=C(NCCc1ccccc1O)c1ccccc1Oc1ccccc1. The van der Waals surface area contributed by atoms with Gasteiger partial charge in [0.05, 0.1) is 5.56 Å². The zero-order valence-electron chi connectivity index (χ0n) is 13.7. The van der Waals surface area contributed by atoms with Crippen LogP contribution in [0.5, 0.6) is 17.2 Å². The normalized spacial score (nSPS) is 10.2. The molecule has 0 heterocycles. The molecule has 0 radical (unpaired) electrons.